The molecular formula is C21H16N2O4S2. The molecule has 0 saturated heterocycles. The number of anilines is 1. The molecule has 0 saturated carbocycles. The molecule has 1 amide bonds. The summed E-state index contributed by atoms with van der Waals surface area (Å²) >= 11 is 2.31. The van der Waals surface area contributed by atoms with E-state index in [1.54, 1.807) is 12.1 Å². The van der Waals surface area contributed by atoms with Crippen LogP contribution in [0.3, 0.4) is 0 Å². The van der Waals surface area contributed by atoms with Crippen LogP contribution in [0.1, 0.15) is 21.9 Å². The van der Waals surface area contributed by atoms with E-state index < -0.39 is 17.1 Å². The first-order valence-corrected chi connectivity index (χ1v) is 10.8. The molecular weight excluding hydrogens is 408 g/mol. The average Bonchev–Trinajstić information content (AvgIpc) is 3.07. The first kappa shape index (κ1) is 18.2. The molecule has 29 heavy (non-hydrogen) atoms. The average molecular weight is 425 g/mol. The summed E-state index contributed by atoms with van der Waals surface area (Å²) in [6, 6.07) is 14.8. The third-order valence-electron chi connectivity index (χ3n) is 5.14. The molecule has 0 bridgehead atoms. The molecule has 1 aromatic heterocycles. The highest BCUT2D eigenvalue weighted by molar-refractivity contribution is 8.00. The first-order valence-electron chi connectivity index (χ1n) is 9.09. The number of thiazole rings is 1. The van der Waals surface area contributed by atoms with Gasteiger partial charge in [0.05, 0.1) is 10.9 Å². The maximum absolute atomic E-state index is 13.2. The minimum absolute atomic E-state index is 0.197. The summed E-state index contributed by atoms with van der Waals surface area (Å²) in [4.78, 5) is 41.6. The van der Waals surface area contributed by atoms with Crippen LogP contribution in [0.15, 0.2) is 58.4 Å². The zero-order chi connectivity index (χ0) is 20.1. The minimum Gasteiger partial charge on any atom is -0.426 e. The molecule has 0 fully saturated rings. The van der Waals surface area contributed by atoms with E-state index in [2.05, 4.69) is 10.3 Å². The maximum atomic E-state index is 13.2. The van der Waals surface area contributed by atoms with Crippen molar-refractivity contribution in [3.63, 3.8) is 0 Å². The number of esters is 1. The van der Waals surface area contributed by atoms with Crippen LogP contribution in [0.5, 0.6) is 5.75 Å². The number of aromatic amines is 1. The molecule has 146 valence electrons. The topological polar surface area (TPSA) is 88.3 Å². The third kappa shape index (κ3) is 3.08. The van der Waals surface area contributed by atoms with Gasteiger partial charge in [-0.1, -0.05) is 53.4 Å². The number of amides is 1. The lowest BCUT2D eigenvalue weighted by molar-refractivity contribution is -0.142. The largest absolute Gasteiger partial charge is 0.426 e. The Morgan fingerprint density at radius 1 is 1.14 bits per heavy atom. The van der Waals surface area contributed by atoms with Crippen LogP contribution in [0, 0.1) is 12.8 Å². The summed E-state index contributed by atoms with van der Waals surface area (Å²) in [5.74, 6) is -1.35. The van der Waals surface area contributed by atoms with Gasteiger partial charge in [0, 0.05) is 22.0 Å². The highest BCUT2D eigenvalue weighted by atomic mass is 32.2. The number of aryl methyl sites for hydroxylation is 1. The zero-order valence-corrected chi connectivity index (χ0v) is 16.9. The van der Waals surface area contributed by atoms with Crippen molar-refractivity contribution >= 4 is 40.7 Å². The van der Waals surface area contributed by atoms with Crippen molar-refractivity contribution in [2.75, 3.05) is 5.32 Å². The molecule has 6 nitrogen and oxygen atoms in total. The van der Waals surface area contributed by atoms with Crippen molar-refractivity contribution in [2.24, 2.45) is 5.92 Å². The lowest BCUT2D eigenvalue weighted by Crippen LogP contribution is -2.46. The van der Waals surface area contributed by atoms with E-state index in [4.69, 9.17) is 4.74 Å². The van der Waals surface area contributed by atoms with E-state index in [1.807, 2.05) is 43.3 Å². The molecule has 0 aliphatic carbocycles. The Kier molecular flexibility index (Phi) is 4.33. The highest BCUT2D eigenvalue weighted by Gasteiger charge is 2.51. The Bertz CT molecular complexity index is 1200. The number of nitrogens with one attached hydrogen (secondary N) is 2. The standard InChI is InChI=1S/C21H16N2O4S2/c1-10-5-4-6-11(9-10)22-18(24)16-15-14(17-19(28-16)23-21(26)29-17)12-7-2-3-8-13(12)27-20(15)25/h2-9,14-16H,1H3,(H,22,24)(H,23,26)/t14-,15-,16-/m1/s1. The van der Waals surface area contributed by atoms with Gasteiger partial charge in [-0.3, -0.25) is 14.4 Å². The number of carbonyl (C=O) groups excluding carboxylic acids is 2. The summed E-state index contributed by atoms with van der Waals surface area (Å²) in [5, 5.41) is 2.84. The molecule has 3 heterocycles. The van der Waals surface area contributed by atoms with Gasteiger partial charge in [-0.25, -0.2) is 0 Å². The van der Waals surface area contributed by atoms with Crippen LogP contribution in [-0.2, 0) is 9.59 Å². The number of aromatic nitrogens is 1. The second kappa shape index (κ2) is 6.89. The summed E-state index contributed by atoms with van der Waals surface area (Å²) in [7, 11) is 0. The quantitative estimate of drug-likeness (QED) is 0.485. The number of hydrogen-bond donors (Lipinski definition) is 2. The van der Waals surface area contributed by atoms with Crippen LogP contribution in [0.25, 0.3) is 0 Å². The van der Waals surface area contributed by atoms with Crippen LogP contribution in [-0.4, -0.2) is 22.1 Å². The molecule has 2 aromatic carbocycles. The number of para-hydroxylation sites is 1. The molecule has 2 aliphatic rings. The van der Waals surface area contributed by atoms with Gasteiger partial charge >= 0.3 is 10.8 Å². The molecule has 2 N–H and O–H groups in total. The van der Waals surface area contributed by atoms with E-state index in [1.165, 1.54) is 11.8 Å². The van der Waals surface area contributed by atoms with Gasteiger partial charge in [0.1, 0.15) is 11.0 Å². The van der Waals surface area contributed by atoms with Crippen LogP contribution >= 0.6 is 23.1 Å². The van der Waals surface area contributed by atoms with E-state index in [-0.39, 0.29) is 16.7 Å². The van der Waals surface area contributed by atoms with Crippen molar-refractivity contribution in [1.29, 1.82) is 0 Å². The van der Waals surface area contributed by atoms with Crippen LogP contribution < -0.4 is 14.9 Å². The molecule has 2 aliphatic heterocycles. The van der Waals surface area contributed by atoms with Crippen molar-refractivity contribution in [3.8, 4) is 5.75 Å². The Hall–Kier alpha value is -2.84. The third-order valence-corrected chi connectivity index (χ3v) is 7.55. The molecule has 0 spiro atoms. The predicted molar refractivity (Wildman–Crippen MR) is 112 cm³/mol. The SMILES string of the molecule is Cc1cccc(NC(=O)[C@@H]2Sc3[nH]c(=O)sc3[C@@H]3c4ccccc4OC(=O)[C@H]32)c1. The van der Waals surface area contributed by atoms with E-state index >= 15 is 0 Å². The number of fused-ring (bicyclic) bond motifs is 5. The Labute approximate surface area is 174 Å². The van der Waals surface area contributed by atoms with Gasteiger partial charge in [0.15, 0.2) is 0 Å². The van der Waals surface area contributed by atoms with Gasteiger partial charge in [-0.15, -0.1) is 0 Å². The summed E-state index contributed by atoms with van der Waals surface area (Å²) in [6.07, 6.45) is 0. The van der Waals surface area contributed by atoms with Gasteiger partial charge in [0.2, 0.25) is 5.91 Å². The fraction of sp³-hybridized carbons (Fsp3) is 0.190. The second-order valence-corrected chi connectivity index (χ2v) is 9.23. The number of hydrogen-bond acceptors (Lipinski definition) is 6. The summed E-state index contributed by atoms with van der Waals surface area (Å²) in [5.41, 5.74) is 2.51. The summed E-state index contributed by atoms with van der Waals surface area (Å²) in [6.45, 7) is 1.94. The number of H-pyrrole nitrogens is 1. The number of carbonyl (C=O) groups is 2. The fourth-order valence-corrected chi connectivity index (χ4v) is 6.37. The number of ether oxygens (including phenoxy) is 1. The highest BCUT2D eigenvalue weighted by Crippen LogP contribution is 2.53. The molecule has 5 rings (SSSR count). The van der Waals surface area contributed by atoms with E-state index in [0.717, 1.165) is 27.3 Å². The lowest BCUT2D eigenvalue weighted by Gasteiger charge is -2.38. The molecule has 8 heteroatoms. The van der Waals surface area contributed by atoms with Crippen molar-refractivity contribution in [3.05, 3.63) is 74.2 Å². The van der Waals surface area contributed by atoms with Gasteiger partial charge in [0.25, 0.3) is 0 Å². The monoisotopic (exact) mass is 424 g/mol. The predicted octanol–water partition coefficient (Wildman–Crippen LogP) is 3.52. The summed E-state index contributed by atoms with van der Waals surface area (Å²) < 4.78 is 5.56. The normalized spacial score (nSPS) is 22.1. The van der Waals surface area contributed by atoms with Crippen LogP contribution in [0.4, 0.5) is 5.69 Å². The molecule has 3 aromatic rings. The van der Waals surface area contributed by atoms with E-state index in [0.29, 0.717) is 16.5 Å². The van der Waals surface area contributed by atoms with Gasteiger partial charge in [-0.05, 0) is 30.7 Å². The van der Waals surface area contributed by atoms with Crippen LogP contribution in [0.2, 0.25) is 0 Å². The fourth-order valence-electron chi connectivity index (χ4n) is 3.91. The maximum Gasteiger partial charge on any atom is 0.317 e. The van der Waals surface area contributed by atoms with Crippen molar-refractivity contribution in [2.45, 2.75) is 23.1 Å². The van der Waals surface area contributed by atoms with Crippen molar-refractivity contribution < 1.29 is 14.3 Å². The lowest BCUT2D eigenvalue weighted by atomic mass is 9.80. The van der Waals surface area contributed by atoms with Gasteiger partial charge in [-0.2, -0.15) is 0 Å². The Morgan fingerprint density at radius 3 is 2.79 bits per heavy atom. The minimum atomic E-state index is -0.723. The van der Waals surface area contributed by atoms with Gasteiger partial charge < -0.3 is 15.0 Å². The molecule has 0 unspecified atom stereocenters. The molecule has 0 radical (unpaired) electrons. The first-order chi connectivity index (χ1) is 14.0. The van der Waals surface area contributed by atoms with E-state index in [9.17, 15) is 14.4 Å². The number of thioether (sulfide) groups is 1. The Balaban J connectivity index is 1.59. The number of benzene rings is 2. The Morgan fingerprint density at radius 2 is 1.97 bits per heavy atom. The van der Waals surface area contributed by atoms with Crippen molar-refractivity contribution in [1.82, 2.24) is 4.98 Å². The molecule has 3 atom stereocenters. The second-order valence-electron chi connectivity index (χ2n) is 7.07. The number of rotatable bonds is 2. The zero-order valence-electron chi connectivity index (χ0n) is 15.3. The smallest absolute Gasteiger partial charge is 0.317 e.